The number of rotatable bonds is 0. The predicted octanol–water partition coefficient (Wildman–Crippen LogP) is 0.407. The van der Waals surface area contributed by atoms with Crippen LogP contribution in [-0.2, 0) is 20.2 Å². The Labute approximate surface area is 131 Å². The molecule has 2 radical (unpaired) electrons. The average Bonchev–Trinajstić information content (AvgIpc) is 1.77. The Morgan fingerprint density at radius 1 is 0.647 bits per heavy atom. The molecule has 0 aromatic heterocycles. The average molecular weight is 437 g/mol. The van der Waals surface area contributed by atoms with Crippen molar-refractivity contribution in [3.8, 4) is 0 Å². The first-order valence-electron chi connectivity index (χ1n) is 2.57. The molecular formula is C2H2BaF6O6S2. The maximum atomic E-state index is 10.7. The van der Waals surface area contributed by atoms with Crippen molar-refractivity contribution in [2.75, 3.05) is 0 Å². The minimum atomic E-state index is -5.84. The topological polar surface area (TPSA) is 109 Å². The number of halogens is 6. The molecule has 17 heavy (non-hydrogen) atoms. The normalized spacial score (nSPS) is 13.2. The van der Waals surface area contributed by atoms with E-state index < -0.39 is 31.3 Å². The maximum Gasteiger partial charge on any atom is 0.522 e. The minimum absolute atomic E-state index is 0. The van der Waals surface area contributed by atoms with Gasteiger partial charge in [-0.1, -0.05) is 0 Å². The Kier molecular flexibility index (Phi) is 9.43. The quantitative estimate of drug-likeness (QED) is 0.246. The van der Waals surface area contributed by atoms with E-state index in [1.54, 1.807) is 0 Å². The van der Waals surface area contributed by atoms with Crippen LogP contribution in [0.4, 0.5) is 26.3 Å². The summed E-state index contributed by atoms with van der Waals surface area (Å²) in [5.41, 5.74) is -11.1. The molecule has 0 aliphatic heterocycles. The van der Waals surface area contributed by atoms with E-state index in [1.807, 2.05) is 0 Å². The Morgan fingerprint density at radius 2 is 0.706 bits per heavy atom. The summed E-state index contributed by atoms with van der Waals surface area (Å²) in [4.78, 5) is 0. The molecule has 0 unspecified atom stereocenters. The number of alkyl halides is 6. The summed E-state index contributed by atoms with van der Waals surface area (Å²) in [7, 11) is -11.7. The van der Waals surface area contributed by atoms with Gasteiger partial charge in [0.15, 0.2) is 0 Å². The fourth-order valence-corrected chi connectivity index (χ4v) is 0. The molecular weight excluding hydrogens is 435 g/mol. The summed E-state index contributed by atoms with van der Waals surface area (Å²) in [5.74, 6) is 0. The zero-order chi connectivity index (χ0) is 14.0. The van der Waals surface area contributed by atoms with Crippen LogP contribution in [0.25, 0.3) is 0 Å². The van der Waals surface area contributed by atoms with E-state index in [-0.39, 0.29) is 48.9 Å². The van der Waals surface area contributed by atoms with Gasteiger partial charge in [0.2, 0.25) is 0 Å². The van der Waals surface area contributed by atoms with Gasteiger partial charge < -0.3 is 0 Å². The van der Waals surface area contributed by atoms with Crippen molar-refractivity contribution < 1.29 is 52.3 Å². The van der Waals surface area contributed by atoms with Crippen LogP contribution in [-0.4, -0.2) is 85.8 Å². The molecule has 2 N–H and O–H groups in total. The standard InChI is InChI=1S/2CHF3O3S.Ba/c2*2-1(3,4)8(5,6)7;/h2*(H,5,6,7);. The maximum absolute atomic E-state index is 10.7. The zero-order valence-corrected chi connectivity index (χ0v) is 13.4. The Bertz CT molecular complexity index is 374. The van der Waals surface area contributed by atoms with Gasteiger partial charge in [-0.3, -0.25) is 9.11 Å². The zero-order valence-electron chi connectivity index (χ0n) is 7.32. The van der Waals surface area contributed by atoms with Gasteiger partial charge in [-0.05, 0) is 0 Å². The van der Waals surface area contributed by atoms with Gasteiger partial charge in [0.05, 0.1) is 0 Å². The van der Waals surface area contributed by atoms with Gasteiger partial charge in [-0.2, -0.15) is 43.2 Å². The summed E-state index contributed by atoms with van der Waals surface area (Å²) < 4.78 is 115. The molecule has 0 rings (SSSR count). The molecule has 0 fully saturated rings. The third kappa shape index (κ3) is 10.6. The summed E-state index contributed by atoms with van der Waals surface area (Å²) in [5, 5.41) is 0. The first-order valence-corrected chi connectivity index (χ1v) is 5.45. The van der Waals surface area contributed by atoms with Gasteiger partial charge in [0.1, 0.15) is 0 Å². The SMILES string of the molecule is O=S(=O)(O)C(F)(F)F.O=S(=O)(O)C(F)(F)F.[Ba]. The second kappa shape index (κ2) is 6.94. The molecule has 0 aliphatic rings. The molecule has 0 spiro atoms. The summed E-state index contributed by atoms with van der Waals surface area (Å²) in [6, 6.07) is 0. The third-order valence-corrected chi connectivity index (χ3v) is 1.75. The van der Waals surface area contributed by atoms with Crippen molar-refractivity contribution in [3.63, 3.8) is 0 Å². The minimum Gasteiger partial charge on any atom is -0.279 e. The predicted molar refractivity (Wildman–Crippen MR) is 41.0 cm³/mol. The van der Waals surface area contributed by atoms with Crippen LogP contribution in [0.3, 0.4) is 0 Å². The summed E-state index contributed by atoms with van der Waals surface area (Å²) in [6.45, 7) is 0. The summed E-state index contributed by atoms with van der Waals surface area (Å²) in [6.07, 6.45) is 0. The molecule has 6 nitrogen and oxygen atoms in total. The Hall–Kier alpha value is 0.971. The monoisotopic (exact) mass is 438 g/mol. The third-order valence-electron chi connectivity index (χ3n) is 0.585. The molecule has 0 aromatic carbocycles. The van der Waals surface area contributed by atoms with Gasteiger partial charge in [-0.15, -0.1) is 0 Å². The van der Waals surface area contributed by atoms with Crippen LogP contribution in [0, 0.1) is 0 Å². The van der Waals surface area contributed by atoms with Crippen LogP contribution in [0.1, 0.15) is 0 Å². The molecule has 0 bridgehead atoms. The van der Waals surface area contributed by atoms with E-state index in [1.165, 1.54) is 0 Å². The molecule has 15 heteroatoms. The van der Waals surface area contributed by atoms with E-state index in [9.17, 15) is 26.3 Å². The molecule has 0 aliphatic carbocycles. The van der Waals surface area contributed by atoms with Crippen molar-refractivity contribution in [1.29, 1.82) is 0 Å². The van der Waals surface area contributed by atoms with Crippen LogP contribution >= 0.6 is 0 Å². The van der Waals surface area contributed by atoms with Crippen LogP contribution in [0.2, 0.25) is 0 Å². The van der Waals surface area contributed by atoms with Gasteiger partial charge in [-0.25, -0.2) is 0 Å². The Morgan fingerprint density at radius 3 is 0.706 bits per heavy atom. The molecule has 0 atom stereocenters. The number of hydrogen-bond acceptors (Lipinski definition) is 4. The molecule has 0 saturated carbocycles. The van der Waals surface area contributed by atoms with Crippen molar-refractivity contribution in [2.45, 2.75) is 11.0 Å². The van der Waals surface area contributed by atoms with Crippen LogP contribution in [0.5, 0.6) is 0 Å². The van der Waals surface area contributed by atoms with Crippen molar-refractivity contribution >= 4 is 69.1 Å². The first kappa shape index (κ1) is 23.1. The molecule has 0 heterocycles. The summed E-state index contributed by atoms with van der Waals surface area (Å²) >= 11 is 0. The van der Waals surface area contributed by atoms with Crippen LogP contribution in [0.15, 0.2) is 0 Å². The van der Waals surface area contributed by atoms with E-state index in [2.05, 4.69) is 0 Å². The fourth-order valence-electron chi connectivity index (χ4n) is 0. The van der Waals surface area contributed by atoms with Gasteiger partial charge >= 0.3 is 31.3 Å². The largest absolute Gasteiger partial charge is 0.522 e. The van der Waals surface area contributed by atoms with Gasteiger partial charge in [0.25, 0.3) is 0 Å². The van der Waals surface area contributed by atoms with Crippen molar-refractivity contribution in [2.24, 2.45) is 0 Å². The smallest absolute Gasteiger partial charge is 0.279 e. The first-order chi connectivity index (χ1) is 6.50. The Balaban J connectivity index is -0.000000218. The molecule has 0 aromatic rings. The van der Waals surface area contributed by atoms with E-state index in [0.29, 0.717) is 0 Å². The van der Waals surface area contributed by atoms with Crippen LogP contribution < -0.4 is 0 Å². The van der Waals surface area contributed by atoms with Crippen molar-refractivity contribution in [1.82, 2.24) is 0 Å². The molecule has 0 saturated heterocycles. The molecule has 102 valence electrons. The second-order valence-electron chi connectivity index (χ2n) is 1.84. The second-order valence-corrected chi connectivity index (χ2v) is 4.67. The van der Waals surface area contributed by atoms with Gasteiger partial charge in [0, 0.05) is 48.9 Å². The van der Waals surface area contributed by atoms with E-state index in [0.717, 1.165) is 0 Å². The van der Waals surface area contributed by atoms with Crippen molar-refractivity contribution in [3.05, 3.63) is 0 Å². The van der Waals surface area contributed by atoms with E-state index >= 15 is 0 Å². The number of hydrogen-bond donors (Lipinski definition) is 2. The van der Waals surface area contributed by atoms with E-state index in [4.69, 9.17) is 25.9 Å². The molecule has 0 amide bonds. The fraction of sp³-hybridized carbons (Fsp3) is 1.00.